The topological polar surface area (TPSA) is 35.2 Å². The van der Waals surface area contributed by atoms with Crippen molar-refractivity contribution in [3.05, 3.63) is 35.4 Å². The molecule has 0 bridgehead atoms. The van der Waals surface area contributed by atoms with Crippen LogP contribution in [0.25, 0.3) is 0 Å². The van der Waals surface area contributed by atoms with E-state index in [1.807, 2.05) is 0 Å². The van der Waals surface area contributed by atoms with E-state index >= 15 is 0 Å². The van der Waals surface area contributed by atoms with Crippen molar-refractivity contribution in [2.75, 3.05) is 6.61 Å². The smallest absolute Gasteiger partial charge is 0.0776 e. The highest BCUT2D eigenvalue weighted by atomic mass is 16.6. The van der Waals surface area contributed by atoms with E-state index in [9.17, 15) is 0 Å². The van der Waals surface area contributed by atoms with E-state index in [-0.39, 0.29) is 5.41 Å². The molecule has 2 aliphatic carbocycles. The molecule has 0 atom stereocenters. The average molecular weight is 203 g/mol. The first-order valence-corrected chi connectivity index (χ1v) is 5.77. The number of hydrogen-bond acceptors (Lipinski definition) is 2. The molecular weight excluding hydrogens is 186 g/mol. The van der Waals surface area contributed by atoms with Crippen LogP contribution in [0.3, 0.4) is 0 Å². The monoisotopic (exact) mass is 203 g/mol. The van der Waals surface area contributed by atoms with Crippen LogP contribution >= 0.6 is 0 Å². The maximum absolute atomic E-state index is 5.23. The van der Waals surface area contributed by atoms with Crippen molar-refractivity contribution in [1.82, 2.24) is 0 Å². The van der Waals surface area contributed by atoms with Gasteiger partial charge in [-0.05, 0) is 42.7 Å². The summed E-state index contributed by atoms with van der Waals surface area (Å²) in [7, 11) is 0. The standard InChI is InChI=1S/C13H17NO/c14-15-9-13(7-8-13)12-4-2-1-3-11(12)10-5-6-10/h1-4,10H,5-9,14H2. The molecule has 1 aromatic carbocycles. The summed E-state index contributed by atoms with van der Waals surface area (Å²) < 4.78 is 0. The molecule has 0 aliphatic heterocycles. The molecule has 3 rings (SSSR count). The zero-order valence-corrected chi connectivity index (χ0v) is 8.91. The lowest BCUT2D eigenvalue weighted by Gasteiger charge is -2.18. The van der Waals surface area contributed by atoms with Crippen LogP contribution in [0, 0.1) is 0 Å². The molecule has 2 fully saturated rings. The Morgan fingerprint density at radius 3 is 2.60 bits per heavy atom. The molecule has 1 aromatic rings. The summed E-state index contributed by atoms with van der Waals surface area (Å²) in [5.41, 5.74) is 3.30. The van der Waals surface area contributed by atoms with Gasteiger partial charge in [0.05, 0.1) is 6.61 Å². The van der Waals surface area contributed by atoms with Gasteiger partial charge in [0.1, 0.15) is 0 Å². The molecule has 2 heteroatoms. The van der Waals surface area contributed by atoms with Crippen LogP contribution in [0.1, 0.15) is 42.7 Å². The average Bonchev–Trinajstić information content (AvgIpc) is 3.14. The van der Waals surface area contributed by atoms with Gasteiger partial charge in [-0.25, -0.2) is 5.90 Å². The summed E-state index contributed by atoms with van der Waals surface area (Å²) in [6.07, 6.45) is 5.18. The van der Waals surface area contributed by atoms with E-state index in [1.54, 1.807) is 5.56 Å². The molecule has 15 heavy (non-hydrogen) atoms. The molecule has 0 aromatic heterocycles. The largest absolute Gasteiger partial charge is 0.304 e. The maximum Gasteiger partial charge on any atom is 0.0776 e. The van der Waals surface area contributed by atoms with E-state index < -0.39 is 0 Å². The van der Waals surface area contributed by atoms with E-state index in [0.29, 0.717) is 6.61 Å². The van der Waals surface area contributed by atoms with E-state index in [0.717, 1.165) is 5.92 Å². The fourth-order valence-electron chi connectivity index (χ4n) is 2.53. The van der Waals surface area contributed by atoms with Gasteiger partial charge in [-0.2, -0.15) is 0 Å². The minimum absolute atomic E-state index is 0.258. The second-order valence-corrected chi connectivity index (χ2v) is 4.95. The Balaban J connectivity index is 1.96. The second kappa shape index (κ2) is 3.32. The lowest BCUT2D eigenvalue weighted by molar-refractivity contribution is 0.116. The Bertz CT molecular complexity index is 367. The van der Waals surface area contributed by atoms with Gasteiger partial charge in [0.2, 0.25) is 0 Å². The third kappa shape index (κ3) is 1.58. The van der Waals surface area contributed by atoms with Crippen LogP contribution in [0.15, 0.2) is 24.3 Å². The Morgan fingerprint density at radius 1 is 1.27 bits per heavy atom. The van der Waals surface area contributed by atoms with Crippen LogP contribution in [-0.2, 0) is 10.3 Å². The normalized spacial score (nSPS) is 22.7. The third-order valence-electron chi connectivity index (χ3n) is 3.76. The van der Waals surface area contributed by atoms with Crippen molar-refractivity contribution in [2.45, 2.75) is 37.0 Å². The van der Waals surface area contributed by atoms with Gasteiger partial charge in [0.15, 0.2) is 0 Å². The Morgan fingerprint density at radius 2 is 2.00 bits per heavy atom. The summed E-state index contributed by atoms with van der Waals surface area (Å²) in [4.78, 5) is 4.88. The van der Waals surface area contributed by atoms with Gasteiger partial charge in [-0.15, -0.1) is 0 Å². The van der Waals surface area contributed by atoms with Crippen LogP contribution < -0.4 is 5.90 Å². The molecule has 0 heterocycles. The maximum atomic E-state index is 5.23. The Labute approximate surface area is 90.4 Å². The van der Waals surface area contributed by atoms with Crippen LogP contribution in [0.2, 0.25) is 0 Å². The minimum atomic E-state index is 0.258. The van der Waals surface area contributed by atoms with Gasteiger partial charge in [-0.3, -0.25) is 0 Å². The Kier molecular flexibility index (Phi) is 2.08. The fraction of sp³-hybridized carbons (Fsp3) is 0.538. The molecule has 2 saturated carbocycles. The summed E-state index contributed by atoms with van der Waals surface area (Å²) in [5.74, 6) is 6.05. The lowest BCUT2D eigenvalue weighted by atomic mass is 9.90. The molecule has 0 amide bonds. The summed E-state index contributed by atoms with van der Waals surface area (Å²) >= 11 is 0. The highest BCUT2D eigenvalue weighted by Gasteiger charge is 2.47. The highest BCUT2D eigenvalue weighted by molar-refractivity contribution is 5.42. The summed E-state index contributed by atoms with van der Waals surface area (Å²) in [6.45, 7) is 0.677. The van der Waals surface area contributed by atoms with Gasteiger partial charge in [-0.1, -0.05) is 24.3 Å². The lowest BCUT2D eigenvalue weighted by Crippen LogP contribution is -2.19. The number of benzene rings is 1. The van der Waals surface area contributed by atoms with Crippen molar-refractivity contribution >= 4 is 0 Å². The van der Waals surface area contributed by atoms with Crippen LogP contribution in [-0.4, -0.2) is 6.61 Å². The third-order valence-corrected chi connectivity index (χ3v) is 3.76. The van der Waals surface area contributed by atoms with E-state index in [1.165, 1.54) is 31.2 Å². The Hall–Kier alpha value is -0.860. The van der Waals surface area contributed by atoms with E-state index in [2.05, 4.69) is 24.3 Å². The van der Waals surface area contributed by atoms with Crippen LogP contribution in [0.4, 0.5) is 0 Å². The molecule has 2 N–H and O–H groups in total. The fourth-order valence-corrected chi connectivity index (χ4v) is 2.53. The van der Waals surface area contributed by atoms with Crippen LogP contribution in [0.5, 0.6) is 0 Å². The SMILES string of the molecule is NOCC1(c2ccccc2C2CC2)CC1. The molecule has 80 valence electrons. The van der Waals surface area contributed by atoms with Crippen molar-refractivity contribution in [2.24, 2.45) is 5.90 Å². The molecule has 0 spiro atoms. The molecule has 2 nitrogen and oxygen atoms in total. The first kappa shape index (κ1) is 9.37. The predicted octanol–water partition coefficient (Wildman–Crippen LogP) is 2.49. The minimum Gasteiger partial charge on any atom is -0.304 e. The number of hydrogen-bond donors (Lipinski definition) is 1. The molecule has 2 aliphatic rings. The highest BCUT2D eigenvalue weighted by Crippen LogP contribution is 2.53. The first-order valence-electron chi connectivity index (χ1n) is 5.77. The van der Waals surface area contributed by atoms with Gasteiger partial charge in [0.25, 0.3) is 0 Å². The molecule has 0 radical (unpaired) electrons. The van der Waals surface area contributed by atoms with Gasteiger partial charge in [0, 0.05) is 5.41 Å². The van der Waals surface area contributed by atoms with Gasteiger partial charge >= 0.3 is 0 Å². The second-order valence-electron chi connectivity index (χ2n) is 4.95. The van der Waals surface area contributed by atoms with E-state index in [4.69, 9.17) is 10.7 Å². The van der Waals surface area contributed by atoms with Crippen molar-refractivity contribution in [1.29, 1.82) is 0 Å². The zero-order chi connectivity index (χ0) is 10.3. The van der Waals surface area contributed by atoms with Crippen molar-refractivity contribution in [3.63, 3.8) is 0 Å². The quantitative estimate of drug-likeness (QED) is 0.763. The molecule has 0 saturated heterocycles. The van der Waals surface area contributed by atoms with Gasteiger partial charge < -0.3 is 4.84 Å². The number of nitrogens with two attached hydrogens (primary N) is 1. The zero-order valence-electron chi connectivity index (χ0n) is 8.91. The molecular formula is C13H17NO. The van der Waals surface area contributed by atoms with Crippen molar-refractivity contribution in [3.8, 4) is 0 Å². The summed E-state index contributed by atoms with van der Waals surface area (Å²) in [5, 5.41) is 0. The first-order chi connectivity index (χ1) is 7.36. The number of rotatable bonds is 4. The summed E-state index contributed by atoms with van der Waals surface area (Å²) in [6, 6.07) is 8.83. The van der Waals surface area contributed by atoms with Crippen molar-refractivity contribution < 1.29 is 4.84 Å². The molecule has 0 unspecified atom stereocenters. The predicted molar refractivity (Wildman–Crippen MR) is 59.5 cm³/mol.